The molecule has 1 heterocycles. The quantitative estimate of drug-likeness (QED) is 0.555. The molecule has 154 valence electrons. The maximum Gasteiger partial charge on any atom is 0.256 e. The number of rotatable bonds is 5. The second kappa shape index (κ2) is 9.09. The fourth-order valence-corrected chi connectivity index (χ4v) is 3.01. The third-order valence-corrected chi connectivity index (χ3v) is 4.85. The zero-order valence-electron chi connectivity index (χ0n) is 17.2. The number of aromatic nitrogens is 1. The lowest BCUT2D eigenvalue weighted by Crippen LogP contribution is -2.23. The molecule has 0 spiro atoms. The number of carbonyl (C=O) groups is 2. The molecule has 0 aliphatic carbocycles. The van der Waals surface area contributed by atoms with E-state index in [2.05, 4.69) is 36.4 Å². The van der Waals surface area contributed by atoms with Crippen LogP contribution in [0.15, 0.2) is 66.7 Å². The van der Waals surface area contributed by atoms with Crippen LogP contribution in [0, 0.1) is 0 Å². The number of nitrogens with zero attached hydrogens (tertiary/aromatic N) is 1. The largest absolute Gasteiger partial charge is 0.348 e. The van der Waals surface area contributed by atoms with Gasteiger partial charge in [-0.05, 0) is 52.9 Å². The molecule has 0 fully saturated rings. The number of anilines is 1. The molecule has 0 radical (unpaired) electrons. The van der Waals surface area contributed by atoms with Crippen molar-refractivity contribution in [3.05, 3.63) is 94.1 Å². The number of carbonyl (C=O) groups excluding carboxylic acids is 2. The van der Waals surface area contributed by atoms with Crippen molar-refractivity contribution in [1.82, 2.24) is 10.3 Å². The van der Waals surface area contributed by atoms with Gasteiger partial charge >= 0.3 is 0 Å². The highest BCUT2D eigenvalue weighted by Gasteiger charge is 2.14. The number of hydrogen-bond acceptors (Lipinski definition) is 3. The van der Waals surface area contributed by atoms with E-state index in [4.69, 9.17) is 11.6 Å². The van der Waals surface area contributed by atoms with Crippen molar-refractivity contribution in [2.45, 2.75) is 32.7 Å². The molecule has 0 atom stereocenters. The summed E-state index contributed by atoms with van der Waals surface area (Å²) in [6.45, 7) is 6.78. The Morgan fingerprint density at radius 1 is 0.867 bits per heavy atom. The second-order valence-electron chi connectivity index (χ2n) is 8.01. The maximum atomic E-state index is 12.4. The minimum absolute atomic E-state index is 0.0475. The molecule has 3 aromatic rings. The van der Waals surface area contributed by atoms with Crippen molar-refractivity contribution < 1.29 is 9.59 Å². The van der Waals surface area contributed by atoms with Gasteiger partial charge in [0.1, 0.15) is 11.0 Å². The average Bonchev–Trinajstić information content (AvgIpc) is 2.72. The lowest BCUT2D eigenvalue weighted by Gasteiger charge is -2.19. The van der Waals surface area contributed by atoms with Crippen molar-refractivity contribution in [2.24, 2.45) is 0 Å². The van der Waals surface area contributed by atoms with E-state index in [9.17, 15) is 9.59 Å². The minimum atomic E-state index is -0.278. The molecular formula is C24H24ClN3O2. The normalized spacial score (nSPS) is 11.1. The first kappa shape index (κ1) is 21.5. The SMILES string of the molecule is CC(C)(C)c1ccc(C(=O)NCc2ccc(C(=O)Nc3cccc(Cl)n3)cc2)cc1. The standard InChI is InChI=1S/C24H24ClN3O2/c1-24(2,3)19-13-11-17(12-14-19)22(29)26-15-16-7-9-18(10-8-16)23(30)28-21-6-4-5-20(25)27-21/h4-14H,15H2,1-3H3,(H,26,29)(H,27,28,30). The Morgan fingerprint density at radius 3 is 2.07 bits per heavy atom. The van der Waals surface area contributed by atoms with Crippen LogP contribution in [0.25, 0.3) is 0 Å². The fraction of sp³-hybridized carbons (Fsp3) is 0.208. The molecule has 2 N–H and O–H groups in total. The van der Waals surface area contributed by atoms with Crippen LogP contribution in [0.4, 0.5) is 5.82 Å². The Hall–Kier alpha value is -3.18. The number of halogens is 1. The molecule has 0 aliphatic rings. The van der Waals surface area contributed by atoms with Gasteiger partial charge in [-0.1, -0.05) is 62.7 Å². The molecule has 6 heteroatoms. The van der Waals surface area contributed by atoms with E-state index in [1.807, 2.05) is 36.4 Å². The van der Waals surface area contributed by atoms with Gasteiger partial charge in [0.15, 0.2) is 0 Å². The van der Waals surface area contributed by atoms with E-state index in [0.29, 0.717) is 28.6 Å². The van der Waals surface area contributed by atoms with Crippen LogP contribution < -0.4 is 10.6 Å². The Bertz CT molecular complexity index is 1040. The summed E-state index contributed by atoms with van der Waals surface area (Å²) in [7, 11) is 0. The summed E-state index contributed by atoms with van der Waals surface area (Å²) < 4.78 is 0. The van der Waals surface area contributed by atoms with Gasteiger partial charge in [0, 0.05) is 17.7 Å². The van der Waals surface area contributed by atoms with Crippen molar-refractivity contribution in [1.29, 1.82) is 0 Å². The van der Waals surface area contributed by atoms with Crippen LogP contribution in [0.5, 0.6) is 0 Å². The molecular weight excluding hydrogens is 398 g/mol. The Labute approximate surface area is 181 Å². The maximum absolute atomic E-state index is 12.4. The van der Waals surface area contributed by atoms with Gasteiger partial charge in [0.2, 0.25) is 0 Å². The summed E-state index contributed by atoms with van der Waals surface area (Å²) in [5, 5.41) is 5.92. The van der Waals surface area contributed by atoms with Gasteiger partial charge in [-0.3, -0.25) is 9.59 Å². The molecule has 30 heavy (non-hydrogen) atoms. The molecule has 1 aromatic heterocycles. The summed E-state index contributed by atoms with van der Waals surface area (Å²) >= 11 is 5.83. The van der Waals surface area contributed by atoms with Gasteiger partial charge in [-0.15, -0.1) is 0 Å². The lowest BCUT2D eigenvalue weighted by molar-refractivity contribution is 0.0949. The molecule has 0 saturated carbocycles. The van der Waals surface area contributed by atoms with E-state index in [1.165, 1.54) is 5.56 Å². The zero-order chi connectivity index (χ0) is 21.7. The molecule has 0 saturated heterocycles. The van der Waals surface area contributed by atoms with Gasteiger partial charge in [-0.25, -0.2) is 4.98 Å². The summed E-state index contributed by atoms with van der Waals surface area (Å²) in [5.74, 6) is -0.0232. The highest BCUT2D eigenvalue weighted by Crippen LogP contribution is 2.22. The number of nitrogens with one attached hydrogen (secondary N) is 2. The highest BCUT2D eigenvalue weighted by atomic mass is 35.5. The predicted molar refractivity (Wildman–Crippen MR) is 120 cm³/mol. The van der Waals surface area contributed by atoms with E-state index >= 15 is 0 Å². The first-order valence-electron chi connectivity index (χ1n) is 9.64. The smallest absolute Gasteiger partial charge is 0.256 e. The average molecular weight is 422 g/mol. The highest BCUT2D eigenvalue weighted by molar-refractivity contribution is 6.29. The van der Waals surface area contributed by atoms with Gasteiger partial charge in [0.25, 0.3) is 11.8 Å². The number of hydrogen-bond donors (Lipinski definition) is 2. The molecule has 5 nitrogen and oxygen atoms in total. The van der Waals surface area contributed by atoms with E-state index in [1.54, 1.807) is 30.3 Å². The third-order valence-electron chi connectivity index (χ3n) is 4.64. The zero-order valence-corrected chi connectivity index (χ0v) is 18.0. The number of amides is 2. The minimum Gasteiger partial charge on any atom is -0.348 e. The Balaban J connectivity index is 1.56. The van der Waals surface area contributed by atoms with Crippen LogP contribution in [-0.4, -0.2) is 16.8 Å². The van der Waals surface area contributed by atoms with Crippen molar-refractivity contribution in [3.63, 3.8) is 0 Å². The summed E-state index contributed by atoms with van der Waals surface area (Å²) in [6, 6.07) is 19.7. The first-order valence-corrected chi connectivity index (χ1v) is 10.0. The summed E-state index contributed by atoms with van der Waals surface area (Å²) in [5.41, 5.74) is 3.23. The summed E-state index contributed by atoms with van der Waals surface area (Å²) in [6.07, 6.45) is 0. The van der Waals surface area contributed by atoms with Crippen LogP contribution in [0.3, 0.4) is 0 Å². The first-order chi connectivity index (χ1) is 14.2. The number of benzene rings is 2. The van der Waals surface area contributed by atoms with Crippen molar-refractivity contribution in [2.75, 3.05) is 5.32 Å². The third kappa shape index (κ3) is 5.67. The monoisotopic (exact) mass is 421 g/mol. The van der Waals surface area contributed by atoms with Crippen molar-refractivity contribution in [3.8, 4) is 0 Å². The molecule has 0 aliphatic heterocycles. The van der Waals surface area contributed by atoms with E-state index in [-0.39, 0.29) is 17.2 Å². The Morgan fingerprint density at radius 2 is 1.47 bits per heavy atom. The van der Waals surface area contributed by atoms with Crippen molar-refractivity contribution >= 4 is 29.2 Å². The van der Waals surface area contributed by atoms with Gasteiger partial charge in [-0.2, -0.15) is 0 Å². The van der Waals surface area contributed by atoms with Crippen LogP contribution in [0.1, 0.15) is 52.6 Å². The predicted octanol–water partition coefficient (Wildman–Crippen LogP) is 5.21. The molecule has 2 amide bonds. The topological polar surface area (TPSA) is 71.1 Å². The number of pyridine rings is 1. The Kier molecular flexibility index (Phi) is 6.53. The molecule has 0 bridgehead atoms. The molecule has 3 rings (SSSR count). The van der Waals surface area contributed by atoms with Crippen LogP contribution >= 0.6 is 11.6 Å². The lowest BCUT2D eigenvalue weighted by atomic mass is 9.87. The van der Waals surface area contributed by atoms with Crippen LogP contribution in [-0.2, 0) is 12.0 Å². The van der Waals surface area contributed by atoms with Gasteiger partial charge < -0.3 is 10.6 Å². The molecule has 0 unspecified atom stereocenters. The fourth-order valence-electron chi connectivity index (χ4n) is 2.85. The van der Waals surface area contributed by atoms with Crippen LogP contribution in [0.2, 0.25) is 5.15 Å². The van der Waals surface area contributed by atoms with Gasteiger partial charge in [0.05, 0.1) is 0 Å². The molecule has 2 aromatic carbocycles. The second-order valence-corrected chi connectivity index (χ2v) is 8.39. The van der Waals surface area contributed by atoms with E-state index < -0.39 is 0 Å². The van der Waals surface area contributed by atoms with E-state index in [0.717, 1.165) is 5.56 Å². The summed E-state index contributed by atoms with van der Waals surface area (Å²) in [4.78, 5) is 28.8.